The number of hydrogen-bond donors (Lipinski definition) is 1. The highest BCUT2D eigenvalue weighted by molar-refractivity contribution is 5.86. The van der Waals surface area contributed by atoms with E-state index >= 15 is 0 Å². The number of aromatic nitrogens is 3. The summed E-state index contributed by atoms with van der Waals surface area (Å²) in [5, 5.41) is 12.6. The van der Waals surface area contributed by atoms with Crippen LogP contribution in [-0.4, -0.2) is 25.8 Å². The lowest BCUT2D eigenvalue weighted by atomic mass is 10.3. The Hall–Kier alpha value is -2.44. The maximum absolute atomic E-state index is 11.8. The van der Waals surface area contributed by atoms with Crippen LogP contribution in [0.4, 0.5) is 0 Å². The van der Waals surface area contributed by atoms with Gasteiger partial charge < -0.3 is 14.2 Å². The van der Waals surface area contributed by atoms with Crippen LogP contribution in [-0.2, 0) is 13.0 Å². The molecule has 19 heavy (non-hydrogen) atoms. The van der Waals surface area contributed by atoms with E-state index in [0.717, 1.165) is 6.42 Å². The molecule has 2 aromatic heterocycles. The summed E-state index contributed by atoms with van der Waals surface area (Å²) in [6.07, 6.45) is 3.08. The largest absolute Gasteiger partial charge is 0.477 e. The third kappa shape index (κ3) is 2.87. The molecule has 2 rings (SSSR count). The molecule has 2 aromatic rings. The van der Waals surface area contributed by atoms with Gasteiger partial charge in [0, 0.05) is 12.6 Å². The first-order chi connectivity index (χ1) is 9.11. The topological polar surface area (TPSA) is 98.2 Å². The summed E-state index contributed by atoms with van der Waals surface area (Å²) in [4.78, 5) is 26.8. The minimum absolute atomic E-state index is 0.0661. The summed E-state index contributed by atoms with van der Waals surface area (Å²) in [6.45, 7) is 2.06. The molecule has 100 valence electrons. The van der Waals surface area contributed by atoms with E-state index in [1.54, 1.807) is 0 Å². The molecule has 0 aliphatic carbocycles. The van der Waals surface area contributed by atoms with Crippen molar-refractivity contribution in [3.63, 3.8) is 0 Å². The molecule has 0 amide bonds. The Morgan fingerprint density at radius 2 is 2.32 bits per heavy atom. The molecule has 0 aliphatic heterocycles. The molecule has 0 spiro atoms. The van der Waals surface area contributed by atoms with E-state index in [-0.39, 0.29) is 18.0 Å². The minimum atomic E-state index is -1.25. The zero-order valence-corrected chi connectivity index (χ0v) is 10.4. The number of carboxylic acid groups (broad SMARTS) is 1. The van der Waals surface area contributed by atoms with Crippen LogP contribution in [0.15, 0.2) is 27.6 Å². The van der Waals surface area contributed by atoms with Crippen LogP contribution in [0, 0.1) is 0 Å². The van der Waals surface area contributed by atoms with Gasteiger partial charge in [-0.1, -0.05) is 12.1 Å². The lowest BCUT2D eigenvalue weighted by molar-refractivity contribution is 0.0694. The van der Waals surface area contributed by atoms with Gasteiger partial charge in [-0.2, -0.15) is 4.98 Å². The Kier molecular flexibility index (Phi) is 3.74. The van der Waals surface area contributed by atoms with Crippen molar-refractivity contribution in [2.24, 2.45) is 0 Å². The smallest absolute Gasteiger partial charge is 0.341 e. The average molecular weight is 263 g/mol. The monoisotopic (exact) mass is 263 g/mol. The first-order valence-electron chi connectivity index (χ1n) is 5.86. The van der Waals surface area contributed by atoms with Crippen molar-refractivity contribution in [1.29, 1.82) is 0 Å². The Bertz CT molecular complexity index is 644. The standard InChI is InChI=1S/C12H13N3O4/c1-2-4-9-13-10(19-14-9)7-15-6-3-5-8(11(15)16)12(17)18/h3,5-6H,2,4,7H2,1H3,(H,17,18). The number of aryl methyl sites for hydroxylation is 1. The van der Waals surface area contributed by atoms with Crippen LogP contribution in [0.5, 0.6) is 0 Å². The lowest BCUT2D eigenvalue weighted by Gasteiger charge is -2.02. The molecule has 0 bridgehead atoms. The molecule has 7 heteroatoms. The number of nitrogens with zero attached hydrogens (tertiary/aromatic N) is 3. The molecule has 0 atom stereocenters. The van der Waals surface area contributed by atoms with Crippen molar-refractivity contribution in [3.8, 4) is 0 Å². The van der Waals surface area contributed by atoms with Gasteiger partial charge >= 0.3 is 5.97 Å². The van der Waals surface area contributed by atoms with Gasteiger partial charge in [0.2, 0.25) is 5.89 Å². The van der Waals surface area contributed by atoms with E-state index in [0.29, 0.717) is 12.2 Å². The number of pyridine rings is 1. The first-order valence-corrected chi connectivity index (χ1v) is 5.86. The average Bonchev–Trinajstić information content (AvgIpc) is 2.79. The predicted molar refractivity (Wildman–Crippen MR) is 65.1 cm³/mol. The Morgan fingerprint density at radius 1 is 1.53 bits per heavy atom. The summed E-state index contributed by atoms with van der Waals surface area (Å²) in [6, 6.07) is 2.76. The quantitative estimate of drug-likeness (QED) is 0.861. The van der Waals surface area contributed by atoms with Crippen molar-refractivity contribution in [2.45, 2.75) is 26.3 Å². The molecule has 1 N–H and O–H groups in total. The molecule has 0 unspecified atom stereocenters. The molecule has 0 aliphatic rings. The van der Waals surface area contributed by atoms with Crippen molar-refractivity contribution >= 4 is 5.97 Å². The zero-order valence-electron chi connectivity index (χ0n) is 10.4. The van der Waals surface area contributed by atoms with Crippen molar-refractivity contribution in [1.82, 2.24) is 14.7 Å². The summed E-state index contributed by atoms with van der Waals surface area (Å²) >= 11 is 0. The van der Waals surface area contributed by atoms with Crippen LogP contribution in [0.3, 0.4) is 0 Å². The predicted octanol–water partition coefficient (Wildman–Crippen LogP) is 0.930. The highest BCUT2D eigenvalue weighted by atomic mass is 16.5. The van der Waals surface area contributed by atoms with E-state index in [1.807, 2.05) is 6.92 Å². The third-order valence-corrected chi connectivity index (χ3v) is 2.54. The van der Waals surface area contributed by atoms with E-state index < -0.39 is 11.5 Å². The van der Waals surface area contributed by atoms with Gasteiger partial charge in [0.25, 0.3) is 5.56 Å². The summed E-state index contributed by atoms with van der Waals surface area (Å²) in [7, 11) is 0. The highest BCUT2D eigenvalue weighted by Crippen LogP contribution is 2.02. The summed E-state index contributed by atoms with van der Waals surface area (Å²) in [5.74, 6) is -0.385. The first kappa shape index (κ1) is 13.0. The van der Waals surface area contributed by atoms with Gasteiger partial charge in [-0.05, 0) is 18.6 Å². The molecule has 0 radical (unpaired) electrons. The maximum atomic E-state index is 11.8. The van der Waals surface area contributed by atoms with E-state index in [2.05, 4.69) is 10.1 Å². The number of aromatic carboxylic acids is 1. The summed E-state index contributed by atoms with van der Waals surface area (Å²) < 4.78 is 6.24. The number of rotatable bonds is 5. The molecule has 0 saturated carbocycles. The molecular weight excluding hydrogens is 250 g/mol. The Morgan fingerprint density at radius 3 is 3.00 bits per heavy atom. The second-order valence-corrected chi connectivity index (χ2v) is 4.01. The molecule has 2 heterocycles. The fraction of sp³-hybridized carbons (Fsp3) is 0.333. The van der Waals surface area contributed by atoms with Crippen LogP contribution in [0.25, 0.3) is 0 Å². The van der Waals surface area contributed by atoms with Crippen molar-refractivity contribution in [2.75, 3.05) is 0 Å². The summed E-state index contributed by atoms with van der Waals surface area (Å²) in [5.41, 5.74) is -0.874. The fourth-order valence-corrected chi connectivity index (χ4v) is 1.65. The second-order valence-electron chi connectivity index (χ2n) is 4.01. The molecule has 0 saturated heterocycles. The van der Waals surface area contributed by atoms with Crippen molar-refractivity contribution < 1.29 is 14.4 Å². The van der Waals surface area contributed by atoms with E-state index in [1.165, 1.54) is 22.9 Å². The van der Waals surface area contributed by atoms with Gasteiger partial charge in [0.15, 0.2) is 5.82 Å². The van der Waals surface area contributed by atoms with Gasteiger partial charge in [0.05, 0.1) is 0 Å². The highest BCUT2D eigenvalue weighted by Gasteiger charge is 2.12. The van der Waals surface area contributed by atoms with Gasteiger partial charge in [0.1, 0.15) is 12.1 Å². The van der Waals surface area contributed by atoms with Crippen LogP contribution in [0.2, 0.25) is 0 Å². The van der Waals surface area contributed by atoms with Gasteiger partial charge in [-0.15, -0.1) is 0 Å². The Balaban J connectivity index is 2.25. The van der Waals surface area contributed by atoms with Crippen LogP contribution in [0.1, 0.15) is 35.4 Å². The zero-order chi connectivity index (χ0) is 13.8. The molecular formula is C12H13N3O4. The Labute approximate surface area is 108 Å². The number of carbonyl (C=O) groups is 1. The van der Waals surface area contributed by atoms with E-state index in [4.69, 9.17) is 9.63 Å². The fourth-order valence-electron chi connectivity index (χ4n) is 1.65. The van der Waals surface area contributed by atoms with E-state index in [9.17, 15) is 9.59 Å². The van der Waals surface area contributed by atoms with Gasteiger partial charge in [-0.25, -0.2) is 4.79 Å². The van der Waals surface area contributed by atoms with Gasteiger partial charge in [-0.3, -0.25) is 4.79 Å². The lowest BCUT2D eigenvalue weighted by Crippen LogP contribution is -2.26. The van der Waals surface area contributed by atoms with Crippen LogP contribution >= 0.6 is 0 Å². The SMILES string of the molecule is CCCc1noc(Cn2cccc(C(=O)O)c2=O)n1. The molecule has 0 fully saturated rings. The van der Waals surface area contributed by atoms with Crippen molar-refractivity contribution in [3.05, 3.63) is 46.0 Å². The molecule has 0 aromatic carbocycles. The third-order valence-electron chi connectivity index (χ3n) is 2.54. The number of carboxylic acids is 1. The minimum Gasteiger partial charge on any atom is -0.477 e. The normalized spacial score (nSPS) is 10.6. The second kappa shape index (κ2) is 5.47. The number of hydrogen-bond acceptors (Lipinski definition) is 5. The maximum Gasteiger partial charge on any atom is 0.341 e. The van der Waals surface area contributed by atoms with Crippen LogP contribution < -0.4 is 5.56 Å². The molecule has 7 nitrogen and oxygen atoms in total.